The van der Waals surface area contributed by atoms with Crippen LogP contribution in [0.25, 0.3) is 17.1 Å². The van der Waals surface area contributed by atoms with Gasteiger partial charge in [0.25, 0.3) is 0 Å². The van der Waals surface area contributed by atoms with E-state index in [1.807, 2.05) is 13.8 Å². The van der Waals surface area contributed by atoms with Crippen molar-refractivity contribution in [2.24, 2.45) is 0 Å². The van der Waals surface area contributed by atoms with Crippen LogP contribution in [0.4, 0.5) is 4.39 Å². The predicted octanol–water partition coefficient (Wildman–Crippen LogP) is 3.01. The highest BCUT2D eigenvalue weighted by atomic mass is 79.9. The Hall–Kier alpha value is -2.09. The van der Waals surface area contributed by atoms with Crippen molar-refractivity contribution in [1.82, 2.24) is 30.0 Å². The maximum atomic E-state index is 13.8. The molecule has 2 heterocycles. The fourth-order valence-corrected chi connectivity index (χ4v) is 2.39. The first-order chi connectivity index (χ1) is 10.1. The highest BCUT2D eigenvalue weighted by molar-refractivity contribution is 9.10. The quantitative estimate of drug-likeness (QED) is 0.728. The lowest BCUT2D eigenvalue weighted by Gasteiger charge is -2.04. The van der Waals surface area contributed by atoms with E-state index < -0.39 is 0 Å². The van der Waals surface area contributed by atoms with Crippen LogP contribution in [-0.4, -0.2) is 30.0 Å². The molecule has 0 N–H and O–H groups in total. The van der Waals surface area contributed by atoms with Crippen molar-refractivity contribution < 1.29 is 4.39 Å². The van der Waals surface area contributed by atoms with Crippen LogP contribution in [0.5, 0.6) is 0 Å². The van der Waals surface area contributed by atoms with E-state index in [0.717, 1.165) is 0 Å². The van der Waals surface area contributed by atoms with E-state index in [1.165, 1.54) is 15.5 Å². The lowest BCUT2D eigenvalue weighted by Crippen LogP contribution is -2.04. The first-order valence-electron chi connectivity index (χ1n) is 6.36. The highest BCUT2D eigenvalue weighted by Gasteiger charge is 2.18. The summed E-state index contributed by atoms with van der Waals surface area (Å²) in [6, 6.07) is 6.53. The summed E-state index contributed by atoms with van der Waals surface area (Å²) >= 11 is 3.42. The fourth-order valence-electron chi connectivity index (χ4n) is 1.83. The van der Waals surface area contributed by atoms with Gasteiger partial charge in [0.05, 0.1) is 17.8 Å². The topological polar surface area (TPSA) is 61.4 Å². The Morgan fingerprint density at radius 2 is 2.00 bits per heavy atom. The van der Waals surface area contributed by atoms with Gasteiger partial charge in [0, 0.05) is 0 Å². The molecule has 0 saturated heterocycles. The number of nitrogens with zero attached hydrogens (tertiary/aromatic N) is 6. The van der Waals surface area contributed by atoms with Gasteiger partial charge in [-0.05, 0) is 47.1 Å². The van der Waals surface area contributed by atoms with Crippen LogP contribution in [0.1, 0.15) is 19.9 Å². The van der Waals surface area contributed by atoms with E-state index in [0.29, 0.717) is 21.7 Å². The summed E-state index contributed by atoms with van der Waals surface area (Å²) in [5.41, 5.74) is 1.01. The molecule has 0 amide bonds. The summed E-state index contributed by atoms with van der Waals surface area (Å²) < 4.78 is 15.9. The second-order valence-electron chi connectivity index (χ2n) is 4.74. The van der Waals surface area contributed by atoms with Crippen molar-refractivity contribution in [3.63, 3.8) is 0 Å². The minimum atomic E-state index is -0.355. The van der Waals surface area contributed by atoms with Crippen LogP contribution >= 0.6 is 15.9 Å². The molecule has 8 heteroatoms. The van der Waals surface area contributed by atoms with Gasteiger partial charge in [0.1, 0.15) is 16.1 Å². The van der Waals surface area contributed by atoms with E-state index >= 15 is 0 Å². The monoisotopic (exact) mass is 350 g/mol. The Kier molecular flexibility index (Phi) is 3.54. The number of benzene rings is 1. The Bertz CT molecular complexity index is 779. The normalized spacial score (nSPS) is 11.3. The zero-order valence-electron chi connectivity index (χ0n) is 11.4. The van der Waals surface area contributed by atoms with Gasteiger partial charge >= 0.3 is 0 Å². The number of rotatable bonds is 3. The molecule has 21 heavy (non-hydrogen) atoms. The van der Waals surface area contributed by atoms with E-state index in [-0.39, 0.29) is 11.9 Å². The molecule has 0 aliphatic heterocycles. The zero-order chi connectivity index (χ0) is 15.0. The van der Waals surface area contributed by atoms with Gasteiger partial charge in [-0.15, -0.1) is 10.2 Å². The number of tetrazole rings is 1. The molecule has 0 aliphatic carbocycles. The minimum Gasteiger partial charge on any atom is -0.223 e. The third-order valence-corrected chi connectivity index (χ3v) is 3.69. The molecule has 0 spiro atoms. The van der Waals surface area contributed by atoms with Gasteiger partial charge in [-0.25, -0.2) is 9.07 Å². The van der Waals surface area contributed by atoms with Crippen molar-refractivity contribution in [3.8, 4) is 17.1 Å². The first-order valence-corrected chi connectivity index (χ1v) is 7.15. The second kappa shape index (κ2) is 5.36. The third kappa shape index (κ3) is 2.46. The lowest BCUT2D eigenvalue weighted by atomic mass is 10.3. The van der Waals surface area contributed by atoms with E-state index in [2.05, 4.69) is 36.4 Å². The highest BCUT2D eigenvalue weighted by Crippen LogP contribution is 2.28. The third-order valence-electron chi connectivity index (χ3n) is 2.92. The van der Waals surface area contributed by atoms with Crippen LogP contribution < -0.4 is 0 Å². The molecule has 6 nitrogen and oxygen atoms in total. The molecule has 0 unspecified atom stereocenters. The summed E-state index contributed by atoms with van der Waals surface area (Å²) in [5, 5.41) is 16.5. The second-order valence-corrected chi connectivity index (χ2v) is 5.49. The summed E-state index contributed by atoms with van der Waals surface area (Å²) in [7, 11) is 0. The van der Waals surface area contributed by atoms with Gasteiger partial charge in [-0.3, -0.25) is 0 Å². The van der Waals surface area contributed by atoms with E-state index in [9.17, 15) is 4.39 Å². The largest absolute Gasteiger partial charge is 0.223 e. The Morgan fingerprint density at radius 1 is 1.24 bits per heavy atom. The standard InChI is InChI=1S/C13H12BrFN6/c1-8(2)21-18-13(17-19-21)9-7-16-20(12(9)14)11-6-4-3-5-10(11)15/h3-8H,1-2H3. The van der Waals surface area contributed by atoms with Gasteiger partial charge < -0.3 is 0 Å². The molecular weight excluding hydrogens is 339 g/mol. The minimum absolute atomic E-state index is 0.117. The molecule has 3 rings (SSSR count). The van der Waals surface area contributed by atoms with Crippen molar-refractivity contribution in [3.05, 3.63) is 40.9 Å². The molecule has 0 aliphatic rings. The van der Waals surface area contributed by atoms with E-state index in [1.54, 1.807) is 24.4 Å². The number of para-hydroxylation sites is 1. The molecule has 0 saturated carbocycles. The summed E-state index contributed by atoms with van der Waals surface area (Å²) in [5.74, 6) is 0.0878. The molecule has 0 atom stereocenters. The van der Waals surface area contributed by atoms with Gasteiger partial charge in [0.2, 0.25) is 5.82 Å². The smallest absolute Gasteiger partial charge is 0.209 e. The Morgan fingerprint density at radius 3 is 2.67 bits per heavy atom. The van der Waals surface area contributed by atoms with Gasteiger partial charge in [-0.2, -0.15) is 9.90 Å². The zero-order valence-corrected chi connectivity index (χ0v) is 13.0. The van der Waals surface area contributed by atoms with Gasteiger partial charge in [-0.1, -0.05) is 12.1 Å². The number of halogens is 2. The SMILES string of the molecule is CC(C)n1nnc(-c2cnn(-c3ccccc3F)c2Br)n1. The fraction of sp³-hybridized carbons (Fsp3) is 0.231. The Balaban J connectivity index is 2.05. The van der Waals surface area contributed by atoms with Crippen molar-refractivity contribution in [2.45, 2.75) is 19.9 Å². The lowest BCUT2D eigenvalue weighted by molar-refractivity contribution is 0.455. The van der Waals surface area contributed by atoms with Crippen LogP contribution in [0.15, 0.2) is 35.1 Å². The first kappa shape index (κ1) is 13.9. The van der Waals surface area contributed by atoms with Gasteiger partial charge in [0.15, 0.2) is 0 Å². The van der Waals surface area contributed by atoms with Crippen molar-refractivity contribution >= 4 is 15.9 Å². The Labute approximate surface area is 128 Å². The maximum Gasteiger partial charge on any atom is 0.209 e. The number of hydrogen-bond acceptors (Lipinski definition) is 4. The molecular formula is C13H12BrFN6. The summed E-state index contributed by atoms with van der Waals surface area (Å²) in [4.78, 5) is 1.52. The molecule has 0 radical (unpaired) electrons. The number of aromatic nitrogens is 6. The molecule has 2 aromatic heterocycles. The van der Waals surface area contributed by atoms with Crippen LogP contribution in [0.3, 0.4) is 0 Å². The summed E-state index contributed by atoms with van der Waals surface area (Å²) in [6.45, 7) is 3.92. The average Bonchev–Trinajstić information content (AvgIpc) is 3.06. The van der Waals surface area contributed by atoms with Crippen LogP contribution in [0.2, 0.25) is 0 Å². The molecule has 1 aromatic carbocycles. The molecule has 0 bridgehead atoms. The van der Waals surface area contributed by atoms with E-state index in [4.69, 9.17) is 0 Å². The van der Waals surface area contributed by atoms with Crippen molar-refractivity contribution in [2.75, 3.05) is 0 Å². The molecule has 0 fully saturated rings. The summed E-state index contributed by atoms with van der Waals surface area (Å²) in [6.07, 6.45) is 1.58. The maximum absolute atomic E-state index is 13.8. The predicted molar refractivity (Wildman–Crippen MR) is 78.4 cm³/mol. The average molecular weight is 351 g/mol. The van der Waals surface area contributed by atoms with Crippen molar-refractivity contribution in [1.29, 1.82) is 0 Å². The van der Waals surface area contributed by atoms with Crippen LogP contribution in [0, 0.1) is 5.82 Å². The molecule has 3 aromatic rings. The molecule has 108 valence electrons. The number of hydrogen-bond donors (Lipinski definition) is 0. The van der Waals surface area contributed by atoms with Crippen LogP contribution in [-0.2, 0) is 0 Å².